The maximum atomic E-state index is 13.4. The maximum Gasteiger partial charge on any atom is 0.355 e. The highest BCUT2D eigenvalue weighted by Crippen LogP contribution is 2.21. The Morgan fingerprint density at radius 3 is 2.78 bits per heavy atom. The Morgan fingerprint density at radius 1 is 1.22 bits per heavy atom. The third-order valence-electron chi connectivity index (χ3n) is 3.41. The standard InChI is InChI=1S/C17H14F2N2O2/c1-2-23-17(22)15-8-12-7-14(19)9-20-16(12)21(15)10-11-4-3-5-13(18)6-11/h3-9H,2,10H2,1H3. The first-order chi connectivity index (χ1) is 11.1. The lowest BCUT2D eigenvalue weighted by Gasteiger charge is -2.10. The number of carbonyl (C=O) groups excluding carboxylic acids is 1. The molecule has 118 valence electrons. The fourth-order valence-corrected chi connectivity index (χ4v) is 2.47. The average molecular weight is 316 g/mol. The van der Waals surface area contributed by atoms with Crippen LogP contribution in [-0.2, 0) is 11.3 Å². The third-order valence-corrected chi connectivity index (χ3v) is 3.41. The smallest absolute Gasteiger partial charge is 0.355 e. The minimum atomic E-state index is -0.526. The summed E-state index contributed by atoms with van der Waals surface area (Å²) in [5.74, 6) is -1.38. The second kappa shape index (κ2) is 6.16. The number of fused-ring (bicyclic) bond motifs is 1. The molecule has 2 heterocycles. The van der Waals surface area contributed by atoms with Crippen LogP contribution < -0.4 is 0 Å². The van der Waals surface area contributed by atoms with Gasteiger partial charge in [-0.25, -0.2) is 18.6 Å². The molecule has 0 amide bonds. The summed E-state index contributed by atoms with van der Waals surface area (Å²) in [5.41, 5.74) is 1.36. The molecule has 0 fully saturated rings. The molecule has 0 saturated carbocycles. The number of nitrogens with zero attached hydrogens (tertiary/aromatic N) is 2. The van der Waals surface area contributed by atoms with Crippen molar-refractivity contribution < 1.29 is 18.3 Å². The molecule has 0 unspecified atom stereocenters. The van der Waals surface area contributed by atoms with Gasteiger partial charge in [-0.05, 0) is 36.8 Å². The van der Waals surface area contributed by atoms with Crippen LogP contribution in [0.25, 0.3) is 11.0 Å². The van der Waals surface area contributed by atoms with Crippen LogP contribution in [0.2, 0.25) is 0 Å². The molecule has 0 aliphatic carbocycles. The summed E-state index contributed by atoms with van der Waals surface area (Å²) in [5, 5.41) is 0.490. The van der Waals surface area contributed by atoms with Crippen LogP contribution in [0.5, 0.6) is 0 Å². The van der Waals surface area contributed by atoms with Gasteiger partial charge in [-0.15, -0.1) is 0 Å². The number of esters is 1. The number of pyridine rings is 1. The van der Waals surface area contributed by atoms with Crippen LogP contribution in [-0.4, -0.2) is 22.1 Å². The number of hydrogen-bond acceptors (Lipinski definition) is 3. The number of carbonyl (C=O) groups is 1. The summed E-state index contributed by atoms with van der Waals surface area (Å²) < 4.78 is 33.4. The van der Waals surface area contributed by atoms with Crippen molar-refractivity contribution in [1.82, 2.24) is 9.55 Å². The second-order valence-electron chi connectivity index (χ2n) is 5.03. The molecule has 0 aliphatic rings. The first kappa shape index (κ1) is 15.1. The van der Waals surface area contributed by atoms with Gasteiger partial charge in [0, 0.05) is 11.9 Å². The van der Waals surface area contributed by atoms with Crippen molar-refractivity contribution in [1.29, 1.82) is 0 Å². The summed E-state index contributed by atoms with van der Waals surface area (Å²) in [4.78, 5) is 16.2. The number of benzene rings is 1. The lowest BCUT2D eigenvalue weighted by atomic mass is 10.2. The van der Waals surface area contributed by atoms with Crippen LogP contribution in [0.15, 0.2) is 42.6 Å². The Balaban J connectivity index is 2.11. The van der Waals surface area contributed by atoms with E-state index in [1.54, 1.807) is 23.6 Å². The van der Waals surface area contributed by atoms with Gasteiger partial charge < -0.3 is 9.30 Å². The number of hydrogen-bond donors (Lipinski definition) is 0. The van der Waals surface area contributed by atoms with E-state index in [0.717, 1.165) is 6.20 Å². The number of aromatic nitrogens is 2. The molecule has 6 heteroatoms. The summed E-state index contributed by atoms with van der Waals surface area (Å²) >= 11 is 0. The van der Waals surface area contributed by atoms with Gasteiger partial charge in [0.2, 0.25) is 0 Å². The van der Waals surface area contributed by atoms with Crippen LogP contribution >= 0.6 is 0 Å². The van der Waals surface area contributed by atoms with Crippen LogP contribution in [0.3, 0.4) is 0 Å². The van der Waals surface area contributed by atoms with Crippen molar-refractivity contribution in [2.75, 3.05) is 6.61 Å². The van der Waals surface area contributed by atoms with E-state index >= 15 is 0 Å². The van der Waals surface area contributed by atoms with Crippen molar-refractivity contribution in [2.45, 2.75) is 13.5 Å². The van der Waals surface area contributed by atoms with Crippen LogP contribution in [0.1, 0.15) is 23.0 Å². The van der Waals surface area contributed by atoms with Gasteiger partial charge in [-0.3, -0.25) is 0 Å². The lowest BCUT2D eigenvalue weighted by molar-refractivity contribution is 0.0515. The van der Waals surface area contributed by atoms with Gasteiger partial charge in [0.05, 0.1) is 12.8 Å². The van der Waals surface area contributed by atoms with Crippen molar-refractivity contribution in [2.24, 2.45) is 0 Å². The first-order valence-corrected chi connectivity index (χ1v) is 7.15. The normalized spacial score (nSPS) is 10.9. The van der Waals surface area contributed by atoms with E-state index in [9.17, 15) is 13.6 Å². The molecule has 0 N–H and O–H groups in total. The van der Waals surface area contributed by atoms with Crippen molar-refractivity contribution in [3.05, 3.63) is 65.5 Å². The predicted octanol–water partition coefficient (Wildman–Crippen LogP) is 3.54. The maximum absolute atomic E-state index is 13.4. The van der Waals surface area contributed by atoms with Gasteiger partial charge >= 0.3 is 5.97 Å². The molecule has 23 heavy (non-hydrogen) atoms. The van der Waals surface area contributed by atoms with E-state index < -0.39 is 11.8 Å². The van der Waals surface area contributed by atoms with E-state index in [0.29, 0.717) is 16.6 Å². The fourth-order valence-electron chi connectivity index (χ4n) is 2.47. The molecule has 0 saturated heterocycles. The van der Waals surface area contributed by atoms with Gasteiger partial charge in [-0.1, -0.05) is 12.1 Å². The Morgan fingerprint density at radius 2 is 2.04 bits per heavy atom. The Bertz CT molecular complexity index is 874. The monoisotopic (exact) mass is 316 g/mol. The van der Waals surface area contributed by atoms with Crippen LogP contribution in [0, 0.1) is 11.6 Å². The molecule has 0 atom stereocenters. The summed E-state index contributed by atoms with van der Waals surface area (Å²) in [7, 11) is 0. The molecule has 0 bridgehead atoms. The Hall–Kier alpha value is -2.76. The van der Waals surface area contributed by atoms with E-state index in [-0.39, 0.29) is 24.7 Å². The third kappa shape index (κ3) is 3.06. The fraction of sp³-hybridized carbons (Fsp3) is 0.176. The molecule has 0 aliphatic heterocycles. The quantitative estimate of drug-likeness (QED) is 0.692. The molecule has 0 radical (unpaired) electrons. The zero-order valence-electron chi connectivity index (χ0n) is 12.4. The van der Waals surface area contributed by atoms with Gasteiger partial charge in [-0.2, -0.15) is 0 Å². The molecule has 0 spiro atoms. The highest BCUT2D eigenvalue weighted by molar-refractivity contribution is 5.94. The minimum absolute atomic E-state index is 0.224. The minimum Gasteiger partial charge on any atom is -0.461 e. The zero-order valence-corrected chi connectivity index (χ0v) is 12.4. The number of halogens is 2. The summed E-state index contributed by atoms with van der Waals surface area (Å²) in [6.07, 6.45) is 1.08. The topological polar surface area (TPSA) is 44.1 Å². The van der Waals surface area contributed by atoms with Crippen LogP contribution in [0.4, 0.5) is 8.78 Å². The molecule has 3 rings (SSSR count). The van der Waals surface area contributed by atoms with Gasteiger partial charge in [0.25, 0.3) is 0 Å². The van der Waals surface area contributed by atoms with Gasteiger partial charge in [0.15, 0.2) is 0 Å². The Kier molecular flexibility index (Phi) is 4.06. The predicted molar refractivity (Wildman–Crippen MR) is 81.1 cm³/mol. The molecule has 2 aromatic heterocycles. The number of rotatable bonds is 4. The summed E-state index contributed by atoms with van der Waals surface area (Å²) in [6, 6.07) is 8.89. The SMILES string of the molecule is CCOC(=O)c1cc2cc(F)cnc2n1Cc1cccc(F)c1. The van der Waals surface area contributed by atoms with Crippen molar-refractivity contribution in [3.63, 3.8) is 0 Å². The average Bonchev–Trinajstić information content (AvgIpc) is 2.85. The highest BCUT2D eigenvalue weighted by atomic mass is 19.1. The molecule has 4 nitrogen and oxygen atoms in total. The number of ether oxygens (including phenoxy) is 1. The molecule has 3 aromatic rings. The largest absolute Gasteiger partial charge is 0.461 e. The molecular formula is C17H14F2N2O2. The Labute approximate surface area is 131 Å². The van der Waals surface area contributed by atoms with Crippen molar-refractivity contribution in [3.8, 4) is 0 Å². The van der Waals surface area contributed by atoms with Gasteiger partial charge in [0.1, 0.15) is 23.0 Å². The molecular weight excluding hydrogens is 302 g/mol. The zero-order chi connectivity index (χ0) is 16.4. The first-order valence-electron chi connectivity index (χ1n) is 7.15. The van der Waals surface area contributed by atoms with E-state index in [1.807, 2.05) is 0 Å². The lowest BCUT2D eigenvalue weighted by Crippen LogP contribution is -2.13. The molecule has 1 aromatic carbocycles. The van der Waals surface area contributed by atoms with Crippen molar-refractivity contribution >= 4 is 17.0 Å². The summed E-state index contributed by atoms with van der Waals surface area (Å²) in [6.45, 7) is 2.16. The van der Waals surface area contributed by atoms with E-state index in [2.05, 4.69) is 4.98 Å². The second-order valence-corrected chi connectivity index (χ2v) is 5.03. The van der Waals surface area contributed by atoms with E-state index in [4.69, 9.17) is 4.74 Å². The van der Waals surface area contributed by atoms with E-state index in [1.165, 1.54) is 24.3 Å². The highest BCUT2D eigenvalue weighted by Gasteiger charge is 2.18.